The van der Waals surface area contributed by atoms with Gasteiger partial charge in [0.05, 0.1) is 0 Å². The molecule has 0 rings (SSSR count). The van der Waals surface area contributed by atoms with Crippen molar-refractivity contribution in [1.29, 1.82) is 0 Å². The molecule has 0 bridgehead atoms. The Morgan fingerprint density at radius 3 is 1.33 bits per heavy atom. The van der Waals surface area contributed by atoms with E-state index >= 15 is 0 Å². The van der Waals surface area contributed by atoms with Gasteiger partial charge in [-0.1, -0.05) is 0 Å². The highest BCUT2D eigenvalue weighted by atomic mass is 16.4. The van der Waals surface area contributed by atoms with E-state index in [2.05, 4.69) is 0 Å². The number of rotatable bonds is 14. The monoisotopic (exact) mass is 433 g/mol. The molecule has 0 spiro atoms. The van der Waals surface area contributed by atoms with E-state index < -0.39 is 89.9 Å². The van der Waals surface area contributed by atoms with Crippen LogP contribution in [-0.2, 0) is 33.6 Å². The van der Waals surface area contributed by atoms with Crippen molar-refractivity contribution in [3.05, 3.63) is 0 Å². The van der Waals surface area contributed by atoms with Crippen molar-refractivity contribution in [2.75, 3.05) is 0 Å². The number of carboxylic acid groups (broad SMARTS) is 4. The third kappa shape index (κ3) is 5.65. The van der Waals surface area contributed by atoms with E-state index in [1.165, 1.54) is 0 Å². The summed E-state index contributed by atoms with van der Waals surface area (Å²) in [4.78, 5) is 81.8. The van der Waals surface area contributed by atoms with Gasteiger partial charge in [-0.15, -0.1) is 0 Å². The number of hydrogen-bond donors (Lipinski definition) is 7. The quantitative estimate of drug-likeness (QED) is 0.135. The molecule has 0 aromatic rings. The zero-order valence-corrected chi connectivity index (χ0v) is 15.9. The average molecular weight is 433 g/mol. The predicted molar refractivity (Wildman–Crippen MR) is 95.1 cm³/mol. The van der Waals surface area contributed by atoms with Gasteiger partial charge >= 0.3 is 23.9 Å². The molecule has 3 unspecified atom stereocenters. The number of carbonyl (C=O) groups excluding carboxylic acids is 3. The summed E-state index contributed by atoms with van der Waals surface area (Å²) in [5.74, 6) is -11.5. The second kappa shape index (κ2) is 9.51. The van der Waals surface area contributed by atoms with Gasteiger partial charge < -0.3 is 37.6 Å². The lowest BCUT2D eigenvalue weighted by molar-refractivity contribution is -0.156. The van der Waals surface area contributed by atoms with E-state index in [0.717, 1.165) is 0 Å². The topological polar surface area (TPSA) is 278 Å². The number of hydrogen-bond acceptors (Lipinski definition) is 10. The van der Waals surface area contributed by atoms with Gasteiger partial charge in [0.1, 0.15) is 5.54 Å². The Kier molecular flexibility index (Phi) is 8.49. The Morgan fingerprint density at radius 2 is 1.03 bits per heavy atom. The van der Waals surface area contributed by atoms with Crippen molar-refractivity contribution < 1.29 is 54.0 Å². The molecule has 168 valence electrons. The van der Waals surface area contributed by atoms with Crippen LogP contribution in [0.3, 0.4) is 0 Å². The molecule has 0 saturated carbocycles. The molecule has 14 nitrogen and oxygen atoms in total. The van der Waals surface area contributed by atoms with Crippen molar-refractivity contribution in [3.8, 4) is 0 Å². The third-order valence-corrected chi connectivity index (χ3v) is 4.61. The van der Waals surface area contributed by atoms with Crippen LogP contribution in [0.4, 0.5) is 0 Å². The molecule has 0 saturated heterocycles. The van der Waals surface area contributed by atoms with Gasteiger partial charge in [-0.05, 0) is 19.8 Å². The molecule has 3 atom stereocenters. The molecule has 0 fully saturated rings. The van der Waals surface area contributed by atoms with Crippen molar-refractivity contribution in [1.82, 2.24) is 0 Å². The van der Waals surface area contributed by atoms with Crippen molar-refractivity contribution >= 4 is 41.2 Å². The van der Waals surface area contributed by atoms with E-state index in [9.17, 15) is 43.8 Å². The molecule has 14 heteroatoms. The fourth-order valence-corrected chi connectivity index (χ4v) is 2.47. The normalized spacial score (nSPS) is 16.9. The van der Waals surface area contributed by atoms with Gasteiger partial charge in [0.2, 0.25) is 0 Å². The Labute approximate surface area is 169 Å². The number of nitrogens with two attached hydrogens (primary N) is 3. The molecule has 0 aromatic carbocycles. The van der Waals surface area contributed by atoms with Gasteiger partial charge in [-0.3, -0.25) is 24.0 Å². The maximum absolute atomic E-state index is 12.8. The average Bonchev–Trinajstić information content (AvgIpc) is 2.62. The molecule has 0 aliphatic rings. The minimum atomic E-state index is -2.99. The fraction of sp³-hybridized carbons (Fsp3) is 0.562. The molecule has 10 N–H and O–H groups in total. The van der Waals surface area contributed by atoms with E-state index in [-0.39, 0.29) is 0 Å². The first-order valence-corrected chi connectivity index (χ1v) is 8.31. The summed E-state index contributed by atoms with van der Waals surface area (Å²) in [7, 11) is 0. The smallest absolute Gasteiger partial charge is 0.331 e. The number of aliphatic carboxylic acids is 4. The van der Waals surface area contributed by atoms with E-state index in [1.807, 2.05) is 0 Å². The highest BCUT2D eigenvalue weighted by molar-refractivity contribution is 6.24. The summed E-state index contributed by atoms with van der Waals surface area (Å²) in [5, 5.41) is 36.0. The van der Waals surface area contributed by atoms with Gasteiger partial charge in [0, 0.05) is 19.3 Å². The lowest BCUT2D eigenvalue weighted by Crippen LogP contribution is -2.70. The van der Waals surface area contributed by atoms with Crippen LogP contribution in [0.1, 0.15) is 39.0 Å². The van der Waals surface area contributed by atoms with Crippen LogP contribution >= 0.6 is 0 Å². The first-order valence-electron chi connectivity index (χ1n) is 8.31. The number of ketones is 3. The molecule has 0 aliphatic carbocycles. The minimum absolute atomic E-state index is 0.709. The Bertz CT molecular complexity index is 795. The summed E-state index contributed by atoms with van der Waals surface area (Å²) >= 11 is 0. The molecular formula is C16H23N3O11. The van der Waals surface area contributed by atoms with E-state index in [4.69, 9.17) is 27.4 Å². The van der Waals surface area contributed by atoms with Gasteiger partial charge in [0.15, 0.2) is 28.4 Å². The molecule has 0 aliphatic heterocycles. The number of carbonyl (C=O) groups is 7. The first-order chi connectivity index (χ1) is 13.4. The van der Waals surface area contributed by atoms with Crippen molar-refractivity contribution in [3.63, 3.8) is 0 Å². The van der Waals surface area contributed by atoms with Gasteiger partial charge in [-0.2, -0.15) is 0 Å². The predicted octanol–water partition coefficient (Wildman–Crippen LogP) is -2.90. The molecule has 0 radical (unpaired) electrons. The zero-order chi connectivity index (χ0) is 24.1. The molecular weight excluding hydrogens is 410 g/mol. The summed E-state index contributed by atoms with van der Waals surface area (Å²) in [6.45, 7) is 0.709. The highest BCUT2D eigenvalue weighted by Gasteiger charge is 2.56. The van der Waals surface area contributed by atoms with E-state index in [0.29, 0.717) is 6.92 Å². The molecule has 0 amide bonds. The summed E-state index contributed by atoms with van der Waals surface area (Å²) in [6, 6.07) is 0. The van der Waals surface area contributed by atoms with Crippen LogP contribution in [0.5, 0.6) is 0 Å². The summed E-state index contributed by atoms with van der Waals surface area (Å²) in [5.41, 5.74) is 7.92. The largest absolute Gasteiger partial charge is 0.481 e. The van der Waals surface area contributed by atoms with Crippen molar-refractivity contribution in [2.45, 2.75) is 55.6 Å². The molecule has 0 aromatic heterocycles. The summed E-state index contributed by atoms with van der Waals surface area (Å²) < 4.78 is 0. The second-order valence-corrected chi connectivity index (χ2v) is 6.80. The SMILES string of the molecule is CC(=O)C(N)(CC(=O)C(N)(CCC(=O)O)C(=O)O)C(=O)C(N)(CCC(=O)O)C(=O)O. The Balaban J connectivity index is 6.17. The van der Waals surface area contributed by atoms with Gasteiger partial charge in [-0.25, -0.2) is 9.59 Å². The van der Waals surface area contributed by atoms with Crippen LogP contribution in [-0.4, -0.2) is 78.3 Å². The lowest BCUT2D eigenvalue weighted by atomic mass is 9.72. The van der Waals surface area contributed by atoms with Crippen LogP contribution < -0.4 is 17.2 Å². The maximum Gasteiger partial charge on any atom is 0.331 e. The fourth-order valence-electron chi connectivity index (χ4n) is 2.47. The third-order valence-electron chi connectivity index (χ3n) is 4.61. The zero-order valence-electron chi connectivity index (χ0n) is 15.9. The van der Waals surface area contributed by atoms with Crippen LogP contribution in [0.25, 0.3) is 0 Å². The van der Waals surface area contributed by atoms with Crippen molar-refractivity contribution in [2.24, 2.45) is 17.2 Å². The number of Topliss-reactive ketones (excluding diaryl/α,β-unsaturated/α-hetero) is 3. The van der Waals surface area contributed by atoms with Gasteiger partial charge in [0.25, 0.3) is 0 Å². The standard InChI is InChI=1S/C16H23N3O11/c1-7(20)16(19,11(26)15(18,13(29)30)5-3-10(24)25)6-8(21)14(17,12(27)28)4-2-9(22)23/h2-6,17-19H2,1H3,(H,22,23)(H,24,25)(H,27,28)(H,29,30). The van der Waals surface area contributed by atoms with Crippen LogP contribution in [0.15, 0.2) is 0 Å². The lowest BCUT2D eigenvalue weighted by Gasteiger charge is -2.34. The second-order valence-electron chi connectivity index (χ2n) is 6.80. The molecule has 30 heavy (non-hydrogen) atoms. The Morgan fingerprint density at radius 1 is 0.667 bits per heavy atom. The number of carboxylic acids is 4. The first kappa shape index (κ1) is 26.8. The maximum atomic E-state index is 12.8. The Hall–Kier alpha value is -3.23. The highest BCUT2D eigenvalue weighted by Crippen LogP contribution is 2.26. The van der Waals surface area contributed by atoms with Crippen LogP contribution in [0, 0.1) is 0 Å². The van der Waals surface area contributed by atoms with Crippen LogP contribution in [0.2, 0.25) is 0 Å². The summed E-state index contributed by atoms with van der Waals surface area (Å²) in [6.07, 6.45) is -5.05. The molecule has 0 heterocycles. The van der Waals surface area contributed by atoms with E-state index in [1.54, 1.807) is 0 Å². The minimum Gasteiger partial charge on any atom is -0.481 e.